The van der Waals surface area contributed by atoms with Gasteiger partial charge in [0, 0.05) is 41.6 Å². The lowest BCUT2D eigenvalue weighted by atomic mass is 10.1. The minimum Gasteiger partial charge on any atom is -0.490 e. The minimum absolute atomic E-state index is 0.388. The standard InChI is InChI=1S/C22H23ClN2O2/c1-2-26-21-11-5-9-18(15-25-14-17-7-6-12-24-13-17)22(21)27-16-19-8-3-4-10-20(19)23/h3-13,25H,2,14-16H2,1H3. The molecule has 3 rings (SSSR count). The highest BCUT2D eigenvalue weighted by Crippen LogP contribution is 2.32. The number of rotatable bonds is 9. The highest BCUT2D eigenvalue weighted by molar-refractivity contribution is 6.31. The Kier molecular flexibility index (Phi) is 7.08. The molecule has 1 N–H and O–H groups in total. The second-order valence-electron chi connectivity index (χ2n) is 6.02. The Hall–Kier alpha value is -2.56. The summed E-state index contributed by atoms with van der Waals surface area (Å²) in [7, 11) is 0. The molecule has 1 aromatic heterocycles. The van der Waals surface area contributed by atoms with Gasteiger partial charge in [-0.2, -0.15) is 0 Å². The van der Waals surface area contributed by atoms with E-state index in [9.17, 15) is 0 Å². The number of nitrogens with zero attached hydrogens (tertiary/aromatic N) is 1. The van der Waals surface area contributed by atoms with E-state index >= 15 is 0 Å². The van der Waals surface area contributed by atoms with E-state index in [1.165, 1.54) is 0 Å². The summed E-state index contributed by atoms with van der Waals surface area (Å²) >= 11 is 6.25. The van der Waals surface area contributed by atoms with E-state index in [0.29, 0.717) is 24.8 Å². The summed E-state index contributed by atoms with van der Waals surface area (Å²) in [5.41, 5.74) is 3.12. The molecule has 0 aliphatic carbocycles. The van der Waals surface area contributed by atoms with Crippen molar-refractivity contribution in [2.24, 2.45) is 0 Å². The summed E-state index contributed by atoms with van der Waals surface area (Å²) in [4.78, 5) is 4.14. The highest BCUT2D eigenvalue weighted by atomic mass is 35.5. The molecule has 0 bridgehead atoms. The second kappa shape index (κ2) is 9.95. The molecule has 0 aliphatic rings. The van der Waals surface area contributed by atoms with Crippen LogP contribution < -0.4 is 14.8 Å². The van der Waals surface area contributed by atoms with E-state index in [-0.39, 0.29) is 0 Å². The average molecular weight is 383 g/mol. The van der Waals surface area contributed by atoms with Gasteiger partial charge in [0.25, 0.3) is 0 Å². The molecule has 0 spiro atoms. The number of ether oxygens (including phenoxy) is 2. The fourth-order valence-corrected chi connectivity index (χ4v) is 2.93. The van der Waals surface area contributed by atoms with Crippen LogP contribution in [-0.4, -0.2) is 11.6 Å². The summed E-state index contributed by atoms with van der Waals surface area (Å²) in [5.74, 6) is 1.49. The fraction of sp³-hybridized carbons (Fsp3) is 0.227. The quantitative estimate of drug-likeness (QED) is 0.565. The summed E-state index contributed by atoms with van der Waals surface area (Å²) in [6, 6.07) is 17.6. The fourth-order valence-electron chi connectivity index (χ4n) is 2.74. The summed E-state index contributed by atoms with van der Waals surface area (Å²) in [6.45, 7) is 4.32. The van der Waals surface area contributed by atoms with Crippen LogP contribution >= 0.6 is 11.6 Å². The second-order valence-corrected chi connectivity index (χ2v) is 6.43. The molecular formula is C22H23ClN2O2. The van der Waals surface area contributed by atoms with Gasteiger partial charge >= 0.3 is 0 Å². The molecule has 0 aliphatic heterocycles. The first-order valence-corrected chi connectivity index (χ1v) is 9.36. The van der Waals surface area contributed by atoms with Gasteiger partial charge in [-0.05, 0) is 30.7 Å². The normalized spacial score (nSPS) is 10.6. The number of pyridine rings is 1. The lowest BCUT2D eigenvalue weighted by Gasteiger charge is -2.17. The molecule has 0 atom stereocenters. The SMILES string of the molecule is CCOc1cccc(CNCc2cccnc2)c1OCc1ccccc1Cl. The number of hydrogen-bond acceptors (Lipinski definition) is 4. The number of para-hydroxylation sites is 1. The van der Waals surface area contributed by atoms with E-state index in [1.54, 1.807) is 6.20 Å². The van der Waals surface area contributed by atoms with Crippen LogP contribution in [-0.2, 0) is 19.7 Å². The van der Waals surface area contributed by atoms with Crippen molar-refractivity contribution >= 4 is 11.6 Å². The molecule has 0 amide bonds. The summed E-state index contributed by atoms with van der Waals surface area (Å²) < 4.78 is 11.9. The Bertz CT molecular complexity index is 856. The number of halogens is 1. The molecule has 5 heteroatoms. The summed E-state index contributed by atoms with van der Waals surface area (Å²) in [6.07, 6.45) is 3.63. The van der Waals surface area contributed by atoms with Gasteiger partial charge in [0.1, 0.15) is 6.61 Å². The van der Waals surface area contributed by atoms with Gasteiger partial charge in [0.05, 0.1) is 6.61 Å². The zero-order valence-electron chi connectivity index (χ0n) is 15.3. The van der Waals surface area contributed by atoms with Gasteiger partial charge in [-0.3, -0.25) is 4.98 Å². The third-order valence-corrected chi connectivity index (χ3v) is 4.43. The molecule has 27 heavy (non-hydrogen) atoms. The van der Waals surface area contributed by atoms with Crippen LogP contribution in [0.1, 0.15) is 23.6 Å². The Labute approximate surface area is 165 Å². The Morgan fingerprint density at radius 2 is 1.78 bits per heavy atom. The topological polar surface area (TPSA) is 43.4 Å². The number of hydrogen-bond donors (Lipinski definition) is 1. The van der Waals surface area contributed by atoms with Crippen molar-refractivity contribution in [1.82, 2.24) is 10.3 Å². The van der Waals surface area contributed by atoms with Crippen LogP contribution in [0.15, 0.2) is 67.0 Å². The van der Waals surface area contributed by atoms with Crippen molar-refractivity contribution in [3.8, 4) is 11.5 Å². The van der Waals surface area contributed by atoms with Crippen molar-refractivity contribution in [2.45, 2.75) is 26.6 Å². The van der Waals surface area contributed by atoms with Crippen molar-refractivity contribution < 1.29 is 9.47 Å². The van der Waals surface area contributed by atoms with Crippen molar-refractivity contribution in [2.75, 3.05) is 6.61 Å². The van der Waals surface area contributed by atoms with Crippen molar-refractivity contribution in [1.29, 1.82) is 0 Å². The summed E-state index contributed by atoms with van der Waals surface area (Å²) in [5, 5.41) is 4.13. The predicted octanol–water partition coefficient (Wildman–Crippen LogP) is 5.00. The molecule has 4 nitrogen and oxygen atoms in total. The lowest BCUT2D eigenvalue weighted by molar-refractivity contribution is 0.266. The molecule has 140 valence electrons. The maximum Gasteiger partial charge on any atom is 0.166 e. The van der Waals surface area contributed by atoms with Crippen LogP contribution in [0, 0.1) is 0 Å². The number of benzene rings is 2. The van der Waals surface area contributed by atoms with Crippen LogP contribution in [0.2, 0.25) is 5.02 Å². The molecule has 0 radical (unpaired) electrons. The van der Waals surface area contributed by atoms with Crippen LogP contribution in [0.5, 0.6) is 11.5 Å². The first-order valence-electron chi connectivity index (χ1n) is 8.98. The molecule has 0 saturated heterocycles. The van der Waals surface area contributed by atoms with E-state index in [0.717, 1.165) is 34.7 Å². The van der Waals surface area contributed by atoms with Crippen LogP contribution in [0.3, 0.4) is 0 Å². The maximum atomic E-state index is 6.25. The molecule has 0 unspecified atom stereocenters. The Morgan fingerprint density at radius 1 is 0.926 bits per heavy atom. The Balaban J connectivity index is 1.72. The molecule has 1 heterocycles. The van der Waals surface area contributed by atoms with Crippen molar-refractivity contribution in [3.05, 3.63) is 88.7 Å². The largest absolute Gasteiger partial charge is 0.490 e. The van der Waals surface area contributed by atoms with Gasteiger partial charge in [-0.1, -0.05) is 48.0 Å². The third-order valence-electron chi connectivity index (χ3n) is 4.06. The van der Waals surface area contributed by atoms with Gasteiger partial charge in [-0.25, -0.2) is 0 Å². The maximum absolute atomic E-state index is 6.25. The van der Waals surface area contributed by atoms with E-state index in [1.807, 2.05) is 67.7 Å². The van der Waals surface area contributed by atoms with Gasteiger partial charge in [0.2, 0.25) is 0 Å². The molecule has 2 aromatic carbocycles. The van der Waals surface area contributed by atoms with Gasteiger partial charge in [0.15, 0.2) is 11.5 Å². The van der Waals surface area contributed by atoms with E-state index < -0.39 is 0 Å². The van der Waals surface area contributed by atoms with Crippen molar-refractivity contribution in [3.63, 3.8) is 0 Å². The van der Waals surface area contributed by atoms with E-state index in [4.69, 9.17) is 21.1 Å². The molecule has 0 fully saturated rings. The monoisotopic (exact) mass is 382 g/mol. The zero-order chi connectivity index (χ0) is 18.9. The number of aromatic nitrogens is 1. The first-order chi connectivity index (χ1) is 13.3. The third kappa shape index (κ3) is 5.46. The molecule has 0 saturated carbocycles. The minimum atomic E-state index is 0.388. The lowest BCUT2D eigenvalue weighted by Crippen LogP contribution is -2.14. The highest BCUT2D eigenvalue weighted by Gasteiger charge is 2.12. The molecule has 3 aromatic rings. The average Bonchev–Trinajstić information content (AvgIpc) is 2.70. The Morgan fingerprint density at radius 3 is 2.56 bits per heavy atom. The van der Waals surface area contributed by atoms with Crippen LogP contribution in [0.25, 0.3) is 0 Å². The first kappa shape index (κ1) is 19.2. The van der Waals surface area contributed by atoms with Crippen LogP contribution in [0.4, 0.5) is 0 Å². The number of nitrogens with one attached hydrogen (secondary N) is 1. The smallest absolute Gasteiger partial charge is 0.166 e. The zero-order valence-corrected chi connectivity index (χ0v) is 16.1. The molecular weight excluding hydrogens is 360 g/mol. The van der Waals surface area contributed by atoms with E-state index in [2.05, 4.69) is 10.3 Å². The van der Waals surface area contributed by atoms with Gasteiger partial charge in [-0.15, -0.1) is 0 Å². The predicted molar refractivity (Wildman–Crippen MR) is 108 cm³/mol. The van der Waals surface area contributed by atoms with Gasteiger partial charge < -0.3 is 14.8 Å².